The first kappa shape index (κ1) is 21.3. The average Bonchev–Trinajstić information content (AvgIpc) is 3.26. The number of hydrogen-bond acceptors (Lipinski definition) is 6. The van der Waals surface area contributed by atoms with E-state index in [-0.39, 0.29) is 27.7 Å². The van der Waals surface area contributed by atoms with E-state index < -0.39 is 11.7 Å². The van der Waals surface area contributed by atoms with Gasteiger partial charge in [-0.2, -0.15) is 9.61 Å². The molecule has 0 aliphatic heterocycles. The molecule has 2 aromatic heterocycles. The molecule has 0 bridgehead atoms. The minimum absolute atomic E-state index is 0.0144. The number of hydrogen-bond donors (Lipinski definition) is 1. The number of amides is 2. The largest absolute Gasteiger partial charge is 0.443 e. The molecule has 0 atom stereocenters. The van der Waals surface area contributed by atoms with Crippen molar-refractivity contribution in [3.05, 3.63) is 23.0 Å². The van der Waals surface area contributed by atoms with Crippen molar-refractivity contribution in [2.45, 2.75) is 39.2 Å². The van der Waals surface area contributed by atoms with Gasteiger partial charge >= 0.3 is 6.09 Å². The number of nitrogens with one attached hydrogen (secondary N) is 1. The van der Waals surface area contributed by atoms with Gasteiger partial charge < -0.3 is 14.8 Å². The van der Waals surface area contributed by atoms with Gasteiger partial charge in [-0.1, -0.05) is 11.6 Å². The van der Waals surface area contributed by atoms with Crippen molar-refractivity contribution in [3.8, 4) is 0 Å². The first-order valence-electron chi connectivity index (χ1n) is 9.33. The summed E-state index contributed by atoms with van der Waals surface area (Å²) in [7, 11) is 3.20. The summed E-state index contributed by atoms with van der Waals surface area (Å²) in [5.41, 5.74) is -0.102. The summed E-state index contributed by atoms with van der Waals surface area (Å²) in [6.45, 7) is 6.46. The highest BCUT2D eigenvalue weighted by molar-refractivity contribution is 6.30. The zero-order chi connectivity index (χ0) is 21.4. The first-order chi connectivity index (χ1) is 13.6. The molecule has 1 saturated carbocycles. The van der Waals surface area contributed by atoms with E-state index >= 15 is 0 Å². The van der Waals surface area contributed by atoms with E-state index in [1.165, 1.54) is 21.7 Å². The Balaban J connectivity index is 1.85. The Kier molecular flexibility index (Phi) is 5.73. The van der Waals surface area contributed by atoms with Crippen LogP contribution in [0.15, 0.2) is 12.3 Å². The molecule has 1 aliphatic rings. The third kappa shape index (κ3) is 4.79. The molecule has 1 N–H and O–H groups in total. The standard InChI is InChI=1S/C19H26ClN5O4/c1-18(2,3)29-17(27)24(4)14-8-13(20)23-15-12(9-22-25(14)15)16(26)21-10-19(6-7-19)11-28-5/h8-9H,6-7,10-11H2,1-5H3,(H,21,26). The Bertz CT molecular complexity index is 933. The minimum atomic E-state index is -0.655. The molecule has 3 rings (SSSR count). The summed E-state index contributed by atoms with van der Waals surface area (Å²) in [4.78, 5) is 30.7. The fourth-order valence-electron chi connectivity index (χ4n) is 2.96. The van der Waals surface area contributed by atoms with Gasteiger partial charge in [-0.15, -0.1) is 0 Å². The molecular weight excluding hydrogens is 398 g/mol. The van der Waals surface area contributed by atoms with Gasteiger partial charge in [-0.05, 0) is 33.6 Å². The van der Waals surface area contributed by atoms with Crippen molar-refractivity contribution in [1.82, 2.24) is 19.9 Å². The Labute approximate surface area is 174 Å². The van der Waals surface area contributed by atoms with Gasteiger partial charge in [0.15, 0.2) is 5.65 Å². The summed E-state index contributed by atoms with van der Waals surface area (Å²) in [6.07, 6.45) is 2.88. The van der Waals surface area contributed by atoms with Crippen LogP contribution in [0.4, 0.5) is 10.6 Å². The maximum Gasteiger partial charge on any atom is 0.415 e. The lowest BCUT2D eigenvalue weighted by Crippen LogP contribution is -2.35. The fraction of sp³-hybridized carbons (Fsp3) is 0.579. The normalized spacial score (nSPS) is 15.2. The fourth-order valence-corrected chi connectivity index (χ4v) is 3.14. The second kappa shape index (κ2) is 7.79. The van der Waals surface area contributed by atoms with Gasteiger partial charge in [0, 0.05) is 32.2 Å². The number of carbonyl (C=O) groups excluding carboxylic acids is 2. The number of ether oxygens (including phenoxy) is 2. The Morgan fingerprint density at radius 2 is 2.07 bits per heavy atom. The molecule has 9 nitrogen and oxygen atoms in total. The smallest absolute Gasteiger partial charge is 0.415 e. The van der Waals surface area contributed by atoms with Crippen molar-refractivity contribution in [2.24, 2.45) is 5.41 Å². The molecule has 1 aliphatic carbocycles. The van der Waals surface area contributed by atoms with Crippen molar-refractivity contribution in [3.63, 3.8) is 0 Å². The van der Waals surface area contributed by atoms with E-state index in [1.807, 2.05) is 0 Å². The number of anilines is 1. The predicted octanol–water partition coefficient (Wildman–Crippen LogP) is 2.91. The SMILES string of the molecule is COCC1(CNC(=O)c2cnn3c(N(C)C(=O)OC(C)(C)C)cc(Cl)nc23)CC1. The third-order valence-corrected chi connectivity index (χ3v) is 4.90. The summed E-state index contributed by atoms with van der Waals surface area (Å²) >= 11 is 6.16. The summed E-state index contributed by atoms with van der Waals surface area (Å²) in [5.74, 6) is 0.0364. The highest BCUT2D eigenvalue weighted by Crippen LogP contribution is 2.45. The highest BCUT2D eigenvalue weighted by atomic mass is 35.5. The molecule has 29 heavy (non-hydrogen) atoms. The minimum Gasteiger partial charge on any atom is -0.443 e. The third-order valence-electron chi connectivity index (χ3n) is 4.71. The number of aromatic nitrogens is 3. The number of carbonyl (C=O) groups is 2. The van der Waals surface area contributed by atoms with Crippen LogP contribution in [0.2, 0.25) is 5.15 Å². The molecule has 158 valence electrons. The maximum absolute atomic E-state index is 12.7. The van der Waals surface area contributed by atoms with E-state index in [1.54, 1.807) is 34.9 Å². The average molecular weight is 424 g/mol. The van der Waals surface area contributed by atoms with Crippen molar-refractivity contribution < 1.29 is 19.1 Å². The molecule has 2 aromatic rings. The van der Waals surface area contributed by atoms with Gasteiger partial charge in [-0.3, -0.25) is 9.69 Å². The van der Waals surface area contributed by atoms with E-state index in [0.29, 0.717) is 19.0 Å². The second-order valence-electron chi connectivity index (χ2n) is 8.39. The van der Waals surface area contributed by atoms with Gasteiger partial charge in [0.1, 0.15) is 22.1 Å². The van der Waals surface area contributed by atoms with Crippen LogP contribution in [0.25, 0.3) is 5.65 Å². The van der Waals surface area contributed by atoms with Crippen LogP contribution >= 0.6 is 11.6 Å². The van der Waals surface area contributed by atoms with Crippen LogP contribution in [0.5, 0.6) is 0 Å². The Hall–Kier alpha value is -2.39. The molecule has 1 fully saturated rings. The summed E-state index contributed by atoms with van der Waals surface area (Å²) in [6, 6.07) is 1.49. The lowest BCUT2D eigenvalue weighted by atomic mass is 10.1. The monoisotopic (exact) mass is 423 g/mol. The molecule has 2 amide bonds. The maximum atomic E-state index is 12.7. The lowest BCUT2D eigenvalue weighted by Gasteiger charge is -2.24. The van der Waals surface area contributed by atoms with E-state index in [0.717, 1.165) is 12.8 Å². The number of halogens is 1. The van der Waals surface area contributed by atoms with Gasteiger partial charge in [-0.25, -0.2) is 9.78 Å². The quantitative estimate of drug-likeness (QED) is 0.717. The van der Waals surface area contributed by atoms with E-state index in [9.17, 15) is 9.59 Å². The van der Waals surface area contributed by atoms with Crippen LogP contribution in [0, 0.1) is 5.41 Å². The molecule has 0 radical (unpaired) electrons. The topological polar surface area (TPSA) is 98.1 Å². The zero-order valence-electron chi connectivity index (χ0n) is 17.3. The highest BCUT2D eigenvalue weighted by Gasteiger charge is 2.43. The molecule has 10 heteroatoms. The van der Waals surface area contributed by atoms with Crippen LogP contribution in [-0.4, -0.2) is 59.5 Å². The number of fused-ring (bicyclic) bond motifs is 1. The Morgan fingerprint density at radius 1 is 1.38 bits per heavy atom. The molecule has 0 saturated heterocycles. The number of nitrogens with zero attached hydrogens (tertiary/aromatic N) is 4. The van der Waals surface area contributed by atoms with Gasteiger partial charge in [0.2, 0.25) is 0 Å². The first-order valence-corrected chi connectivity index (χ1v) is 9.71. The van der Waals surface area contributed by atoms with Crippen molar-refractivity contribution in [2.75, 3.05) is 32.2 Å². The molecule has 0 aromatic carbocycles. The van der Waals surface area contributed by atoms with Crippen molar-refractivity contribution >= 4 is 35.1 Å². The van der Waals surface area contributed by atoms with Crippen LogP contribution in [-0.2, 0) is 9.47 Å². The van der Waals surface area contributed by atoms with Gasteiger partial charge in [0.05, 0.1) is 12.8 Å². The van der Waals surface area contributed by atoms with Crippen LogP contribution in [0.3, 0.4) is 0 Å². The lowest BCUT2D eigenvalue weighted by molar-refractivity contribution is 0.0587. The van der Waals surface area contributed by atoms with Crippen LogP contribution in [0.1, 0.15) is 44.0 Å². The molecule has 0 unspecified atom stereocenters. The molecule has 0 spiro atoms. The zero-order valence-corrected chi connectivity index (χ0v) is 18.0. The van der Waals surface area contributed by atoms with E-state index in [2.05, 4.69) is 15.4 Å². The predicted molar refractivity (Wildman–Crippen MR) is 109 cm³/mol. The number of methoxy groups -OCH3 is 1. The number of rotatable bonds is 6. The summed E-state index contributed by atoms with van der Waals surface area (Å²) < 4.78 is 12.0. The van der Waals surface area contributed by atoms with E-state index in [4.69, 9.17) is 21.1 Å². The van der Waals surface area contributed by atoms with Crippen molar-refractivity contribution in [1.29, 1.82) is 0 Å². The summed E-state index contributed by atoms with van der Waals surface area (Å²) in [5, 5.41) is 7.30. The molecular formula is C19H26ClN5O4. The Morgan fingerprint density at radius 3 is 2.66 bits per heavy atom. The second-order valence-corrected chi connectivity index (χ2v) is 8.77. The van der Waals surface area contributed by atoms with Crippen LogP contribution < -0.4 is 10.2 Å². The van der Waals surface area contributed by atoms with Gasteiger partial charge in [0.25, 0.3) is 5.91 Å². The molecule has 2 heterocycles.